The molecule has 0 aromatic carbocycles. The monoisotopic (exact) mass is 406 g/mol. The van der Waals surface area contributed by atoms with Crippen molar-refractivity contribution in [3.8, 4) is 0 Å². The van der Waals surface area contributed by atoms with E-state index in [1.54, 1.807) is 0 Å². The summed E-state index contributed by atoms with van der Waals surface area (Å²) in [7, 11) is 0. The van der Waals surface area contributed by atoms with E-state index >= 15 is 0 Å². The second-order valence-electron chi connectivity index (χ2n) is 6.58. The third-order valence-corrected chi connectivity index (χ3v) is 14.0. The van der Waals surface area contributed by atoms with Crippen molar-refractivity contribution < 1.29 is 9.90 Å². The Kier molecular flexibility index (Phi) is 16.8. The van der Waals surface area contributed by atoms with Crippen LogP contribution >= 0.6 is 0 Å². The zero-order valence-corrected chi connectivity index (χ0v) is 17.8. The summed E-state index contributed by atoms with van der Waals surface area (Å²) in [4.78, 5) is 11.0. The van der Waals surface area contributed by atoms with Gasteiger partial charge in [-0.05, 0) is 0 Å². The van der Waals surface area contributed by atoms with E-state index in [0.717, 1.165) is 0 Å². The first-order chi connectivity index (χ1) is 10.2. The normalized spacial score (nSPS) is 11.2. The van der Waals surface area contributed by atoms with Gasteiger partial charge in [-0.25, -0.2) is 0 Å². The number of rotatable bonds is 16. The Morgan fingerprint density at radius 2 is 1.10 bits per heavy atom. The molecule has 1 N–H and O–H groups in total. The first-order valence-corrected chi connectivity index (χ1v) is 16.4. The van der Waals surface area contributed by atoms with Crippen molar-refractivity contribution in [2.24, 2.45) is 0 Å². The minimum absolute atomic E-state index is 0.521. The summed E-state index contributed by atoms with van der Waals surface area (Å²) in [6, 6.07) is 0. The molecule has 126 valence electrons. The van der Waals surface area contributed by atoms with Gasteiger partial charge in [0, 0.05) is 0 Å². The summed E-state index contributed by atoms with van der Waals surface area (Å²) >= 11 is -1.74. The zero-order chi connectivity index (χ0) is 15.8. The van der Waals surface area contributed by atoms with Crippen LogP contribution in [0.5, 0.6) is 0 Å². The summed E-state index contributed by atoms with van der Waals surface area (Å²) in [6.45, 7) is 4.50. The molecule has 0 atom stereocenters. The van der Waals surface area contributed by atoms with Gasteiger partial charge in [0.05, 0.1) is 0 Å². The number of unbranched alkanes of at least 4 members (excludes halogenated alkanes) is 10. The van der Waals surface area contributed by atoms with Crippen molar-refractivity contribution >= 4 is 25.7 Å². The SMILES string of the molecule is CCCCCCC[CH2][SnH]([CH2]CCCCCCC)[CH2]C(=O)O. The van der Waals surface area contributed by atoms with Gasteiger partial charge < -0.3 is 0 Å². The van der Waals surface area contributed by atoms with Crippen LogP contribution in [-0.2, 0) is 4.79 Å². The molecule has 0 rings (SSSR count). The Bertz CT molecular complexity index is 215. The average molecular weight is 405 g/mol. The maximum atomic E-state index is 11.0. The number of carboxylic acids is 1. The molecule has 0 amide bonds. The van der Waals surface area contributed by atoms with Crippen LogP contribution in [0.1, 0.15) is 90.9 Å². The number of carbonyl (C=O) groups is 1. The van der Waals surface area contributed by atoms with Crippen LogP contribution in [-0.4, -0.2) is 30.8 Å². The molecule has 0 spiro atoms. The number of hydrogen-bond donors (Lipinski definition) is 1. The van der Waals surface area contributed by atoms with E-state index in [-0.39, 0.29) is 0 Å². The first-order valence-electron chi connectivity index (χ1n) is 9.42. The molecule has 0 saturated heterocycles. The van der Waals surface area contributed by atoms with E-state index in [1.165, 1.54) is 85.9 Å². The van der Waals surface area contributed by atoms with Gasteiger partial charge in [-0.15, -0.1) is 0 Å². The topological polar surface area (TPSA) is 37.3 Å². The van der Waals surface area contributed by atoms with Gasteiger partial charge in [0.1, 0.15) is 0 Å². The number of carboxylic acid groups (broad SMARTS) is 1. The molecule has 0 aliphatic carbocycles. The molecule has 0 aromatic heterocycles. The van der Waals surface area contributed by atoms with Crippen LogP contribution in [0.25, 0.3) is 0 Å². The fourth-order valence-electron chi connectivity index (χ4n) is 3.02. The Morgan fingerprint density at radius 3 is 1.48 bits per heavy atom. The van der Waals surface area contributed by atoms with E-state index in [1.807, 2.05) is 0 Å². The van der Waals surface area contributed by atoms with Crippen molar-refractivity contribution in [3.05, 3.63) is 0 Å². The summed E-state index contributed by atoms with van der Waals surface area (Å²) in [5, 5.41) is 9.08. The molecule has 21 heavy (non-hydrogen) atoms. The van der Waals surface area contributed by atoms with Crippen LogP contribution in [0.15, 0.2) is 0 Å². The molecule has 0 aromatic rings. The second-order valence-corrected chi connectivity index (χ2v) is 16.0. The number of aliphatic carboxylic acids is 1. The van der Waals surface area contributed by atoms with Gasteiger partial charge >= 0.3 is 140 Å². The molecule has 0 aliphatic rings. The average Bonchev–Trinajstić information content (AvgIpc) is 2.45. The summed E-state index contributed by atoms with van der Waals surface area (Å²) in [6.07, 6.45) is 16.1. The van der Waals surface area contributed by atoms with Crippen molar-refractivity contribution in [2.45, 2.75) is 104 Å². The standard InChI is InChI=1S/2C8H17.C2H3O2.Sn.H/c2*1-3-5-7-8-6-4-2;1-2(3)4;;/h2*1,3-8H2,2H3;1H2,(H,3,4);;. The molecule has 0 heterocycles. The first kappa shape index (κ1) is 21.3. The predicted molar refractivity (Wildman–Crippen MR) is 96.0 cm³/mol. The van der Waals surface area contributed by atoms with Crippen molar-refractivity contribution in [1.82, 2.24) is 0 Å². The molecule has 0 unspecified atom stereocenters. The van der Waals surface area contributed by atoms with Crippen LogP contribution < -0.4 is 0 Å². The molecular weight excluding hydrogens is 367 g/mol. The van der Waals surface area contributed by atoms with Crippen molar-refractivity contribution in [2.75, 3.05) is 0 Å². The molecule has 0 aliphatic heterocycles. The molecule has 0 bridgehead atoms. The third-order valence-electron chi connectivity index (χ3n) is 4.40. The third kappa shape index (κ3) is 16.5. The van der Waals surface area contributed by atoms with Gasteiger partial charge in [-0.2, -0.15) is 0 Å². The summed E-state index contributed by atoms with van der Waals surface area (Å²) in [5.41, 5.74) is 0. The van der Waals surface area contributed by atoms with Crippen LogP contribution in [0, 0.1) is 0 Å². The van der Waals surface area contributed by atoms with Crippen LogP contribution in [0.2, 0.25) is 13.3 Å². The van der Waals surface area contributed by atoms with E-state index in [9.17, 15) is 4.79 Å². The Balaban J connectivity index is 3.64. The van der Waals surface area contributed by atoms with Crippen molar-refractivity contribution in [1.29, 1.82) is 0 Å². The number of hydrogen-bond acceptors (Lipinski definition) is 1. The zero-order valence-electron chi connectivity index (χ0n) is 14.5. The Labute approximate surface area is 139 Å². The van der Waals surface area contributed by atoms with E-state index in [4.69, 9.17) is 5.11 Å². The molecule has 0 radical (unpaired) electrons. The summed E-state index contributed by atoms with van der Waals surface area (Å²) in [5.74, 6) is -0.521. The van der Waals surface area contributed by atoms with Gasteiger partial charge in [-0.3, -0.25) is 0 Å². The van der Waals surface area contributed by atoms with E-state index < -0.39 is 25.7 Å². The Morgan fingerprint density at radius 1 is 0.714 bits per heavy atom. The van der Waals surface area contributed by atoms with Gasteiger partial charge in [0.15, 0.2) is 0 Å². The maximum absolute atomic E-state index is 11.0. The fourth-order valence-corrected chi connectivity index (χ4v) is 11.4. The fraction of sp³-hybridized carbons (Fsp3) is 0.944. The van der Waals surface area contributed by atoms with Crippen molar-refractivity contribution in [3.63, 3.8) is 0 Å². The molecular formula is C18H38O2Sn. The van der Waals surface area contributed by atoms with E-state index in [2.05, 4.69) is 13.8 Å². The molecule has 0 fully saturated rings. The van der Waals surface area contributed by atoms with Crippen LogP contribution in [0.3, 0.4) is 0 Å². The van der Waals surface area contributed by atoms with E-state index in [0.29, 0.717) is 4.44 Å². The van der Waals surface area contributed by atoms with Gasteiger partial charge in [0.25, 0.3) is 0 Å². The van der Waals surface area contributed by atoms with Gasteiger partial charge in [0.2, 0.25) is 0 Å². The second kappa shape index (κ2) is 16.6. The summed E-state index contributed by atoms with van der Waals surface area (Å²) < 4.78 is 3.25. The molecule has 2 nitrogen and oxygen atoms in total. The minimum atomic E-state index is -1.74. The Hall–Kier alpha value is 0.269. The van der Waals surface area contributed by atoms with Gasteiger partial charge in [-0.1, -0.05) is 0 Å². The quantitative estimate of drug-likeness (QED) is 0.252. The molecule has 0 saturated carbocycles. The predicted octanol–water partition coefficient (Wildman–Crippen LogP) is 6.02. The van der Waals surface area contributed by atoms with Crippen LogP contribution in [0.4, 0.5) is 0 Å². The molecule has 3 heteroatoms.